The van der Waals surface area contributed by atoms with E-state index >= 15 is 0 Å². The maximum absolute atomic E-state index is 12.0. The Morgan fingerprint density at radius 2 is 2.15 bits per heavy atom. The third kappa shape index (κ3) is 3.55. The van der Waals surface area contributed by atoms with Gasteiger partial charge in [-0.15, -0.1) is 11.3 Å². The van der Waals surface area contributed by atoms with Gasteiger partial charge < -0.3 is 15.2 Å². The second kappa shape index (κ2) is 6.16. The van der Waals surface area contributed by atoms with E-state index in [-0.39, 0.29) is 5.91 Å². The highest BCUT2D eigenvalue weighted by atomic mass is 32.1. The van der Waals surface area contributed by atoms with Crippen LogP contribution in [0.15, 0.2) is 29.6 Å². The summed E-state index contributed by atoms with van der Waals surface area (Å²) in [6, 6.07) is 6.63. The van der Waals surface area contributed by atoms with Crippen LogP contribution >= 0.6 is 11.3 Å². The molecule has 0 spiro atoms. The van der Waals surface area contributed by atoms with E-state index in [9.17, 15) is 9.59 Å². The van der Waals surface area contributed by atoms with Crippen molar-refractivity contribution in [3.05, 3.63) is 40.3 Å². The van der Waals surface area contributed by atoms with Crippen LogP contribution in [-0.4, -0.2) is 28.6 Å². The van der Waals surface area contributed by atoms with Gasteiger partial charge in [0, 0.05) is 5.38 Å². The predicted molar refractivity (Wildman–Crippen MR) is 74.4 cm³/mol. The van der Waals surface area contributed by atoms with Crippen LogP contribution in [0.1, 0.15) is 15.5 Å². The van der Waals surface area contributed by atoms with Crippen LogP contribution in [0, 0.1) is 6.92 Å². The molecule has 1 heterocycles. The minimum atomic E-state index is -1.08. The third-order valence-corrected chi connectivity index (χ3v) is 3.11. The quantitative estimate of drug-likeness (QED) is 0.881. The van der Waals surface area contributed by atoms with Crippen molar-refractivity contribution in [1.29, 1.82) is 0 Å². The first kappa shape index (κ1) is 14.0. The Labute approximate surface area is 119 Å². The highest BCUT2D eigenvalue weighted by Gasteiger charge is 2.12. The molecule has 2 N–H and O–H groups in total. The van der Waals surface area contributed by atoms with Gasteiger partial charge in [0.25, 0.3) is 5.91 Å². The van der Waals surface area contributed by atoms with Crippen molar-refractivity contribution < 1.29 is 19.4 Å². The summed E-state index contributed by atoms with van der Waals surface area (Å²) in [6.07, 6.45) is 0. The number of carbonyl (C=O) groups excluding carboxylic acids is 1. The molecule has 1 amide bonds. The molecule has 1 aromatic heterocycles. The molecule has 0 saturated carbocycles. The van der Waals surface area contributed by atoms with Gasteiger partial charge >= 0.3 is 5.97 Å². The molecule has 0 aliphatic carbocycles. The standard InChI is InChI=1S/C13H12N2O4S/c1-8-14-10(7-20-8)13(18)15-9-4-2-3-5-11(9)19-6-12(16)17/h2-5,7H,6H2,1H3,(H,15,18)(H,16,17). The number of aromatic nitrogens is 1. The first-order chi connectivity index (χ1) is 9.56. The molecule has 20 heavy (non-hydrogen) atoms. The van der Waals surface area contributed by atoms with Gasteiger partial charge in [0.2, 0.25) is 0 Å². The average molecular weight is 292 g/mol. The van der Waals surface area contributed by atoms with Gasteiger partial charge in [0.1, 0.15) is 11.4 Å². The first-order valence-corrected chi connectivity index (χ1v) is 6.61. The SMILES string of the molecule is Cc1nc(C(=O)Nc2ccccc2OCC(=O)O)cs1. The molecule has 0 bridgehead atoms. The fourth-order valence-electron chi connectivity index (χ4n) is 1.49. The summed E-state index contributed by atoms with van der Waals surface area (Å²) in [7, 11) is 0. The van der Waals surface area contributed by atoms with Gasteiger partial charge in [-0.05, 0) is 19.1 Å². The number of aliphatic carboxylic acids is 1. The van der Waals surface area contributed by atoms with Crippen LogP contribution in [0.2, 0.25) is 0 Å². The Kier molecular flexibility index (Phi) is 4.31. The molecular formula is C13H12N2O4S. The maximum atomic E-state index is 12.0. The van der Waals surface area contributed by atoms with E-state index in [2.05, 4.69) is 10.3 Å². The van der Waals surface area contributed by atoms with Gasteiger partial charge in [-0.3, -0.25) is 4.79 Å². The fourth-order valence-corrected chi connectivity index (χ4v) is 2.08. The normalized spacial score (nSPS) is 10.1. The summed E-state index contributed by atoms with van der Waals surface area (Å²) in [5.41, 5.74) is 0.727. The highest BCUT2D eigenvalue weighted by molar-refractivity contribution is 7.09. The van der Waals surface area contributed by atoms with Crippen molar-refractivity contribution in [2.24, 2.45) is 0 Å². The molecule has 6 nitrogen and oxygen atoms in total. The minimum Gasteiger partial charge on any atom is -0.480 e. The van der Waals surface area contributed by atoms with Crippen LogP contribution in [0.3, 0.4) is 0 Å². The van der Waals surface area contributed by atoms with Gasteiger partial charge in [0.05, 0.1) is 10.7 Å². The van der Waals surface area contributed by atoms with Crippen LogP contribution in [0.5, 0.6) is 5.75 Å². The topological polar surface area (TPSA) is 88.5 Å². The largest absolute Gasteiger partial charge is 0.480 e. The Balaban J connectivity index is 2.12. The lowest BCUT2D eigenvalue weighted by molar-refractivity contribution is -0.139. The number of carboxylic acid groups (broad SMARTS) is 1. The number of anilines is 1. The molecule has 0 atom stereocenters. The number of carbonyl (C=O) groups is 2. The summed E-state index contributed by atoms with van der Waals surface area (Å²) >= 11 is 1.38. The van der Waals surface area contributed by atoms with Crippen molar-refractivity contribution in [3.63, 3.8) is 0 Å². The average Bonchev–Trinajstić information content (AvgIpc) is 2.84. The molecule has 0 unspecified atom stereocenters. The van der Waals surface area contributed by atoms with Crippen LogP contribution < -0.4 is 10.1 Å². The van der Waals surface area contributed by atoms with E-state index in [0.29, 0.717) is 17.1 Å². The molecule has 7 heteroatoms. The Hall–Kier alpha value is -2.41. The number of hydrogen-bond acceptors (Lipinski definition) is 5. The maximum Gasteiger partial charge on any atom is 0.341 e. The van der Waals surface area contributed by atoms with Gasteiger partial charge in [-0.25, -0.2) is 9.78 Å². The number of benzene rings is 1. The predicted octanol–water partition coefficient (Wildman–Crippen LogP) is 2.17. The van der Waals surface area contributed by atoms with Crippen molar-refractivity contribution in [1.82, 2.24) is 4.98 Å². The molecule has 0 saturated heterocycles. The summed E-state index contributed by atoms with van der Waals surface area (Å²) in [5, 5.41) is 13.7. The van der Waals surface area contributed by atoms with E-state index in [1.54, 1.807) is 29.6 Å². The van der Waals surface area contributed by atoms with Crippen LogP contribution in [0.4, 0.5) is 5.69 Å². The second-order valence-corrected chi connectivity index (χ2v) is 4.95. The number of ether oxygens (including phenoxy) is 1. The van der Waals surface area contributed by atoms with E-state index in [1.807, 2.05) is 6.92 Å². The lowest BCUT2D eigenvalue weighted by Crippen LogP contribution is -2.15. The number of amides is 1. The number of thiazole rings is 1. The first-order valence-electron chi connectivity index (χ1n) is 5.73. The number of aryl methyl sites for hydroxylation is 1. The smallest absolute Gasteiger partial charge is 0.341 e. The lowest BCUT2D eigenvalue weighted by Gasteiger charge is -2.10. The molecule has 1 aromatic carbocycles. The molecule has 0 aliphatic rings. The summed E-state index contributed by atoms with van der Waals surface area (Å²) < 4.78 is 5.11. The van der Waals surface area contributed by atoms with Crippen molar-refractivity contribution >= 4 is 28.9 Å². The molecule has 0 aliphatic heterocycles. The van der Waals surface area contributed by atoms with E-state index in [0.717, 1.165) is 5.01 Å². The summed E-state index contributed by atoms with van der Waals surface area (Å²) in [6.45, 7) is 1.34. The zero-order valence-corrected chi connectivity index (χ0v) is 11.4. The lowest BCUT2D eigenvalue weighted by atomic mass is 10.3. The van der Waals surface area contributed by atoms with Crippen molar-refractivity contribution in [3.8, 4) is 5.75 Å². The molecule has 0 radical (unpaired) electrons. The number of hydrogen-bond donors (Lipinski definition) is 2. The van der Waals surface area contributed by atoms with E-state index < -0.39 is 12.6 Å². The van der Waals surface area contributed by atoms with Gasteiger partial charge in [0.15, 0.2) is 6.61 Å². The molecule has 104 valence electrons. The Bertz CT molecular complexity index is 639. The van der Waals surface area contributed by atoms with Crippen molar-refractivity contribution in [2.75, 3.05) is 11.9 Å². The zero-order chi connectivity index (χ0) is 14.5. The summed E-state index contributed by atoms with van der Waals surface area (Å²) in [5.74, 6) is -1.14. The van der Waals surface area contributed by atoms with E-state index in [4.69, 9.17) is 9.84 Å². The fraction of sp³-hybridized carbons (Fsp3) is 0.154. The number of para-hydroxylation sites is 2. The zero-order valence-electron chi connectivity index (χ0n) is 10.6. The third-order valence-electron chi connectivity index (χ3n) is 2.34. The number of carboxylic acids is 1. The second-order valence-electron chi connectivity index (χ2n) is 3.88. The van der Waals surface area contributed by atoms with Crippen LogP contribution in [-0.2, 0) is 4.79 Å². The molecule has 0 fully saturated rings. The number of nitrogens with one attached hydrogen (secondary N) is 1. The monoisotopic (exact) mass is 292 g/mol. The molecule has 2 aromatic rings. The van der Waals surface area contributed by atoms with Crippen molar-refractivity contribution in [2.45, 2.75) is 6.92 Å². The van der Waals surface area contributed by atoms with E-state index in [1.165, 1.54) is 11.3 Å². The van der Waals surface area contributed by atoms with Crippen LogP contribution in [0.25, 0.3) is 0 Å². The highest BCUT2D eigenvalue weighted by Crippen LogP contribution is 2.24. The minimum absolute atomic E-state index is 0.301. The van der Waals surface area contributed by atoms with Gasteiger partial charge in [-0.2, -0.15) is 0 Å². The Morgan fingerprint density at radius 1 is 1.40 bits per heavy atom. The Morgan fingerprint density at radius 3 is 2.80 bits per heavy atom. The summed E-state index contributed by atoms with van der Waals surface area (Å²) in [4.78, 5) is 26.6. The molecular weight excluding hydrogens is 280 g/mol. The van der Waals surface area contributed by atoms with Gasteiger partial charge in [-0.1, -0.05) is 12.1 Å². The molecule has 2 rings (SSSR count). The number of nitrogens with zero attached hydrogens (tertiary/aromatic N) is 1. The number of rotatable bonds is 5.